The highest BCUT2D eigenvalue weighted by molar-refractivity contribution is 5.98. The second kappa shape index (κ2) is 5.94. The van der Waals surface area contributed by atoms with Crippen LogP contribution in [0.4, 0.5) is 13.2 Å². The monoisotopic (exact) mass is 310 g/mol. The van der Waals surface area contributed by atoms with E-state index in [2.05, 4.69) is 11.7 Å². The van der Waals surface area contributed by atoms with Crippen molar-refractivity contribution in [3.05, 3.63) is 35.7 Å². The maximum Gasteiger partial charge on any atom is 0.157 e. The van der Waals surface area contributed by atoms with Gasteiger partial charge in [0.1, 0.15) is 11.7 Å². The summed E-state index contributed by atoms with van der Waals surface area (Å²) in [5, 5.41) is 6.38. The Morgan fingerprint density at radius 3 is 2.68 bits per heavy atom. The van der Waals surface area contributed by atoms with Crippen molar-refractivity contribution in [2.45, 2.75) is 45.1 Å². The van der Waals surface area contributed by atoms with Crippen molar-refractivity contribution >= 4 is 5.71 Å². The highest BCUT2D eigenvalue weighted by atomic mass is 19.2. The van der Waals surface area contributed by atoms with E-state index in [1.54, 1.807) is 5.01 Å². The van der Waals surface area contributed by atoms with Crippen molar-refractivity contribution < 1.29 is 13.2 Å². The summed E-state index contributed by atoms with van der Waals surface area (Å²) in [5.74, 6) is -2.78. The van der Waals surface area contributed by atoms with Crippen molar-refractivity contribution in [3.8, 4) is 0 Å². The summed E-state index contributed by atoms with van der Waals surface area (Å²) in [5.41, 5.74) is 1.88. The normalized spacial score (nSPS) is 29.9. The zero-order valence-electron chi connectivity index (χ0n) is 12.8. The predicted octanol–water partition coefficient (Wildman–Crippen LogP) is 4.82. The van der Waals surface area contributed by atoms with Crippen LogP contribution in [0.15, 0.2) is 40.8 Å². The summed E-state index contributed by atoms with van der Waals surface area (Å²) >= 11 is 0. The summed E-state index contributed by atoms with van der Waals surface area (Å²) in [6.07, 6.45) is 4.42. The lowest BCUT2D eigenvalue weighted by Crippen LogP contribution is -2.34. The van der Waals surface area contributed by atoms with Crippen molar-refractivity contribution in [1.29, 1.82) is 0 Å². The Morgan fingerprint density at radius 1 is 1.27 bits per heavy atom. The van der Waals surface area contributed by atoms with Gasteiger partial charge in [0.25, 0.3) is 0 Å². The Morgan fingerprint density at radius 2 is 2.00 bits per heavy atom. The van der Waals surface area contributed by atoms with Crippen molar-refractivity contribution in [2.24, 2.45) is 16.9 Å². The summed E-state index contributed by atoms with van der Waals surface area (Å²) in [6.45, 7) is 6.66. The van der Waals surface area contributed by atoms with E-state index in [1.807, 2.05) is 6.92 Å². The minimum atomic E-state index is -1.08. The van der Waals surface area contributed by atoms with Gasteiger partial charge in [-0.25, -0.2) is 13.2 Å². The molecule has 1 saturated carbocycles. The molecule has 0 radical (unpaired) electrons. The van der Waals surface area contributed by atoms with Gasteiger partial charge in [-0.1, -0.05) is 6.58 Å². The molecular formula is C17H21F3N2. The zero-order valence-corrected chi connectivity index (χ0v) is 12.8. The van der Waals surface area contributed by atoms with Crippen molar-refractivity contribution in [3.63, 3.8) is 0 Å². The van der Waals surface area contributed by atoms with Crippen LogP contribution in [0.5, 0.6) is 0 Å². The SMILES string of the molecule is C=C(/C(C)=N/N1CCCC1C1CC(F)=CC(F)=C1F)C1CC1. The molecule has 5 heteroatoms. The van der Waals surface area contributed by atoms with Crippen LogP contribution in [0.3, 0.4) is 0 Å². The standard InChI is InChI=1S/C17H21F3N2/c1-10(12-5-6-12)11(2)21-22-7-3-4-16(22)14-8-13(18)9-15(19)17(14)20/h9,12,14,16H,1,3-8H2,2H3/b21-11+. The molecule has 1 saturated heterocycles. The lowest BCUT2D eigenvalue weighted by molar-refractivity contribution is 0.186. The summed E-state index contributed by atoms with van der Waals surface area (Å²) in [6, 6.07) is -0.285. The summed E-state index contributed by atoms with van der Waals surface area (Å²) < 4.78 is 41.1. The number of hydrazone groups is 1. The Balaban J connectivity index is 1.77. The van der Waals surface area contributed by atoms with Crippen LogP contribution in [0.1, 0.15) is 39.0 Å². The molecule has 2 nitrogen and oxygen atoms in total. The second-order valence-corrected chi connectivity index (χ2v) is 6.46. The Hall–Kier alpha value is -1.52. The first-order valence-electron chi connectivity index (χ1n) is 7.89. The average Bonchev–Trinajstić information content (AvgIpc) is 3.22. The number of nitrogens with zero attached hydrogens (tertiary/aromatic N) is 2. The molecule has 3 rings (SSSR count). The van der Waals surface area contributed by atoms with E-state index >= 15 is 0 Å². The first kappa shape index (κ1) is 15.4. The minimum absolute atomic E-state index is 0.0848. The topological polar surface area (TPSA) is 15.6 Å². The Bertz CT molecular complexity index is 572. The van der Waals surface area contributed by atoms with Crippen LogP contribution >= 0.6 is 0 Å². The van der Waals surface area contributed by atoms with Crippen LogP contribution in [-0.4, -0.2) is 23.3 Å². The molecule has 0 spiro atoms. The van der Waals surface area contributed by atoms with E-state index in [0.717, 1.165) is 30.5 Å². The van der Waals surface area contributed by atoms with Gasteiger partial charge in [-0.05, 0) is 44.1 Å². The second-order valence-electron chi connectivity index (χ2n) is 6.46. The Kier molecular flexibility index (Phi) is 4.15. The molecule has 22 heavy (non-hydrogen) atoms. The third kappa shape index (κ3) is 2.99. The van der Waals surface area contributed by atoms with Gasteiger partial charge in [-0.15, -0.1) is 0 Å². The number of rotatable bonds is 4. The van der Waals surface area contributed by atoms with Gasteiger partial charge in [-0.2, -0.15) is 5.10 Å². The quantitative estimate of drug-likeness (QED) is 0.680. The fourth-order valence-corrected chi connectivity index (χ4v) is 3.34. The number of hydrogen-bond acceptors (Lipinski definition) is 2. The number of halogens is 3. The molecule has 3 aliphatic rings. The molecule has 2 unspecified atom stereocenters. The largest absolute Gasteiger partial charge is 0.293 e. The lowest BCUT2D eigenvalue weighted by atomic mass is 9.89. The molecular weight excluding hydrogens is 289 g/mol. The summed E-state index contributed by atoms with van der Waals surface area (Å²) in [7, 11) is 0. The van der Waals surface area contributed by atoms with Crippen LogP contribution in [-0.2, 0) is 0 Å². The highest BCUT2D eigenvalue weighted by Gasteiger charge is 2.38. The molecule has 0 aromatic heterocycles. The van der Waals surface area contributed by atoms with Gasteiger partial charge < -0.3 is 0 Å². The average molecular weight is 310 g/mol. The van der Waals surface area contributed by atoms with E-state index < -0.39 is 23.4 Å². The Labute approximate surface area is 129 Å². The smallest absolute Gasteiger partial charge is 0.157 e. The van der Waals surface area contributed by atoms with Crippen LogP contribution in [0.2, 0.25) is 0 Å². The highest BCUT2D eigenvalue weighted by Crippen LogP contribution is 2.40. The maximum atomic E-state index is 14.1. The molecule has 0 amide bonds. The van der Waals surface area contributed by atoms with Gasteiger partial charge in [0.15, 0.2) is 5.83 Å². The molecule has 2 atom stereocenters. The molecule has 0 aromatic carbocycles. The van der Waals surface area contributed by atoms with E-state index in [-0.39, 0.29) is 12.5 Å². The maximum absolute atomic E-state index is 14.1. The fourth-order valence-electron chi connectivity index (χ4n) is 3.34. The molecule has 120 valence electrons. The van der Waals surface area contributed by atoms with E-state index in [4.69, 9.17) is 0 Å². The molecule has 0 bridgehead atoms. The zero-order chi connectivity index (χ0) is 15.9. The molecule has 2 fully saturated rings. The molecule has 0 N–H and O–H groups in total. The van der Waals surface area contributed by atoms with Crippen LogP contribution < -0.4 is 0 Å². The van der Waals surface area contributed by atoms with Crippen molar-refractivity contribution in [1.82, 2.24) is 5.01 Å². The van der Waals surface area contributed by atoms with E-state index in [0.29, 0.717) is 25.0 Å². The number of allylic oxidation sites excluding steroid dienone is 4. The molecule has 0 aromatic rings. The van der Waals surface area contributed by atoms with Gasteiger partial charge >= 0.3 is 0 Å². The van der Waals surface area contributed by atoms with Crippen molar-refractivity contribution in [2.75, 3.05) is 6.54 Å². The van der Waals surface area contributed by atoms with Crippen LogP contribution in [0, 0.1) is 11.8 Å². The van der Waals surface area contributed by atoms with E-state index in [1.165, 1.54) is 0 Å². The molecule has 1 heterocycles. The predicted molar refractivity (Wildman–Crippen MR) is 81.2 cm³/mol. The first-order valence-corrected chi connectivity index (χ1v) is 7.89. The third-order valence-corrected chi connectivity index (χ3v) is 4.80. The van der Waals surface area contributed by atoms with Gasteiger partial charge in [0.2, 0.25) is 0 Å². The first-order chi connectivity index (χ1) is 10.5. The lowest BCUT2D eigenvalue weighted by Gasteiger charge is -2.30. The number of hydrogen-bond donors (Lipinski definition) is 0. The van der Waals surface area contributed by atoms with Crippen LogP contribution in [0.25, 0.3) is 0 Å². The van der Waals surface area contributed by atoms with Gasteiger partial charge in [0.05, 0.1) is 11.8 Å². The van der Waals surface area contributed by atoms with Gasteiger partial charge in [-0.3, -0.25) is 5.01 Å². The summed E-state index contributed by atoms with van der Waals surface area (Å²) in [4.78, 5) is 0. The minimum Gasteiger partial charge on any atom is -0.293 e. The van der Waals surface area contributed by atoms with Gasteiger partial charge in [0, 0.05) is 25.0 Å². The fraction of sp³-hybridized carbons (Fsp3) is 0.588. The third-order valence-electron chi connectivity index (χ3n) is 4.80. The van der Waals surface area contributed by atoms with E-state index in [9.17, 15) is 13.2 Å². The molecule has 1 aliphatic heterocycles. The molecule has 2 aliphatic carbocycles.